The van der Waals surface area contributed by atoms with E-state index in [0.717, 1.165) is 5.56 Å². The van der Waals surface area contributed by atoms with Gasteiger partial charge < -0.3 is 5.32 Å². The molecule has 0 aliphatic heterocycles. The molecule has 0 fully saturated rings. The van der Waals surface area contributed by atoms with E-state index in [1.54, 1.807) is 19.3 Å². The Hall–Kier alpha value is -1.14. The Bertz CT molecular complexity index is 431. The van der Waals surface area contributed by atoms with Gasteiger partial charge in [-0.25, -0.2) is 8.42 Å². The molecule has 90 valence electrons. The third kappa shape index (κ3) is 4.59. The van der Waals surface area contributed by atoms with Crippen molar-refractivity contribution in [2.75, 3.05) is 24.1 Å². The van der Waals surface area contributed by atoms with E-state index in [-0.39, 0.29) is 5.75 Å². The predicted molar refractivity (Wildman–Crippen MR) is 64.9 cm³/mol. The van der Waals surface area contributed by atoms with Gasteiger partial charge in [-0.05, 0) is 38.6 Å². The average Bonchev–Trinajstić information content (AvgIpc) is 2.17. The summed E-state index contributed by atoms with van der Waals surface area (Å²) in [6, 6.07) is 1.75. The zero-order valence-electron chi connectivity index (χ0n) is 9.53. The van der Waals surface area contributed by atoms with Crippen molar-refractivity contribution in [1.82, 2.24) is 10.3 Å². The molecule has 0 amide bonds. The summed E-state index contributed by atoms with van der Waals surface area (Å²) in [5.41, 5.74) is 1.44. The van der Waals surface area contributed by atoms with Crippen LogP contribution in [0, 0.1) is 6.92 Å². The molecule has 0 saturated heterocycles. The van der Waals surface area contributed by atoms with Crippen molar-refractivity contribution in [3.8, 4) is 0 Å². The Balaban J connectivity index is 2.59. The molecule has 0 unspecified atom stereocenters. The highest BCUT2D eigenvalue weighted by Crippen LogP contribution is 2.09. The Kier molecular flexibility index (Phi) is 4.70. The largest absolute Gasteiger partial charge is 0.320 e. The minimum Gasteiger partial charge on any atom is -0.320 e. The van der Waals surface area contributed by atoms with E-state index < -0.39 is 10.0 Å². The van der Waals surface area contributed by atoms with Gasteiger partial charge >= 0.3 is 0 Å². The van der Waals surface area contributed by atoms with Crippen molar-refractivity contribution in [2.45, 2.75) is 13.3 Å². The minimum absolute atomic E-state index is 0.113. The summed E-state index contributed by atoms with van der Waals surface area (Å²) >= 11 is 0. The van der Waals surface area contributed by atoms with Crippen molar-refractivity contribution in [1.29, 1.82) is 0 Å². The lowest BCUT2D eigenvalue weighted by molar-refractivity contribution is 0.597. The van der Waals surface area contributed by atoms with Crippen LogP contribution in [0.15, 0.2) is 18.5 Å². The van der Waals surface area contributed by atoms with Crippen LogP contribution in [-0.4, -0.2) is 32.7 Å². The molecule has 0 aliphatic carbocycles. The van der Waals surface area contributed by atoms with Crippen molar-refractivity contribution < 1.29 is 8.42 Å². The molecule has 5 nitrogen and oxygen atoms in total. The highest BCUT2D eigenvalue weighted by atomic mass is 32.2. The Morgan fingerprint density at radius 2 is 2.12 bits per heavy atom. The molecule has 0 atom stereocenters. The van der Waals surface area contributed by atoms with Gasteiger partial charge in [-0.3, -0.25) is 9.71 Å². The second-order valence-electron chi connectivity index (χ2n) is 3.63. The molecular formula is C10H17N3O2S. The summed E-state index contributed by atoms with van der Waals surface area (Å²) in [6.07, 6.45) is 3.77. The Morgan fingerprint density at radius 3 is 2.75 bits per heavy atom. The van der Waals surface area contributed by atoms with Crippen LogP contribution in [0.3, 0.4) is 0 Å². The lowest BCUT2D eigenvalue weighted by Gasteiger charge is -2.07. The van der Waals surface area contributed by atoms with Crippen molar-refractivity contribution in [2.24, 2.45) is 0 Å². The number of rotatable bonds is 6. The monoisotopic (exact) mass is 243 g/mol. The number of sulfonamides is 1. The van der Waals surface area contributed by atoms with Gasteiger partial charge in [-0.1, -0.05) is 0 Å². The highest BCUT2D eigenvalue weighted by Gasteiger charge is 2.09. The van der Waals surface area contributed by atoms with Crippen LogP contribution in [0.4, 0.5) is 5.69 Å². The van der Waals surface area contributed by atoms with Crippen molar-refractivity contribution in [3.63, 3.8) is 0 Å². The predicted octanol–water partition coefficient (Wildman–Crippen LogP) is 0.741. The molecule has 0 aromatic carbocycles. The molecular weight excluding hydrogens is 226 g/mol. The summed E-state index contributed by atoms with van der Waals surface area (Å²) in [4.78, 5) is 3.93. The smallest absolute Gasteiger partial charge is 0.232 e. The third-order valence-electron chi connectivity index (χ3n) is 1.99. The molecule has 1 aromatic heterocycles. The molecule has 1 rings (SSSR count). The molecule has 0 radical (unpaired) electrons. The van der Waals surface area contributed by atoms with Crippen LogP contribution in [-0.2, 0) is 10.0 Å². The van der Waals surface area contributed by atoms with E-state index in [1.165, 1.54) is 6.20 Å². The second-order valence-corrected chi connectivity index (χ2v) is 5.47. The van der Waals surface area contributed by atoms with Gasteiger partial charge in [0.1, 0.15) is 0 Å². The zero-order valence-corrected chi connectivity index (χ0v) is 10.3. The molecule has 2 N–H and O–H groups in total. The standard InChI is InChI=1S/C10H17N3O2S/c1-9-6-10(8-12-7-9)13-16(14,15)5-3-4-11-2/h6-8,11,13H,3-5H2,1-2H3. The number of pyridine rings is 1. The summed E-state index contributed by atoms with van der Waals surface area (Å²) in [6.45, 7) is 2.55. The average molecular weight is 243 g/mol. The second kappa shape index (κ2) is 5.81. The first-order valence-electron chi connectivity index (χ1n) is 5.10. The van der Waals surface area contributed by atoms with Gasteiger partial charge in [0.2, 0.25) is 10.0 Å². The normalized spacial score (nSPS) is 11.4. The number of nitrogens with zero attached hydrogens (tertiary/aromatic N) is 1. The lowest BCUT2D eigenvalue weighted by Crippen LogP contribution is -2.20. The van der Waals surface area contributed by atoms with Crippen LogP contribution in [0.1, 0.15) is 12.0 Å². The fourth-order valence-electron chi connectivity index (χ4n) is 1.28. The molecule has 0 bridgehead atoms. The van der Waals surface area contributed by atoms with Gasteiger partial charge in [0.05, 0.1) is 17.6 Å². The first kappa shape index (κ1) is 12.9. The molecule has 1 heterocycles. The van der Waals surface area contributed by atoms with Crippen LogP contribution in [0.2, 0.25) is 0 Å². The maximum Gasteiger partial charge on any atom is 0.232 e. The Morgan fingerprint density at radius 1 is 1.38 bits per heavy atom. The molecule has 6 heteroatoms. The van der Waals surface area contributed by atoms with Gasteiger partial charge in [0.15, 0.2) is 0 Å². The molecule has 0 aliphatic rings. The van der Waals surface area contributed by atoms with Crippen LogP contribution >= 0.6 is 0 Å². The summed E-state index contributed by atoms with van der Waals surface area (Å²) in [7, 11) is -1.46. The van der Waals surface area contributed by atoms with Gasteiger partial charge in [-0.2, -0.15) is 0 Å². The number of hydrogen-bond donors (Lipinski definition) is 2. The first-order chi connectivity index (χ1) is 7.53. The minimum atomic E-state index is -3.25. The quantitative estimate of drug-likeness (QED) is 0.723. The van der Waals surface area contributed by atoms with E-state index in [1.807, 2.05) is 6.92 Å². The van der Waals surface area contributed by atoms with E-state index in [2.05, 4.69) is 15.0 Å². The summed E-state index contributed by atoms with van der Waals surface area (Å²) < 4.78 is 25.7. The first-order valence-corrected chi connectivity index (χ1v) is 6.75. The van der Waals surface area contributed by atoms with Gasteiger partial charge in [0, 0.05) is 6.20 Å². The number of nitrogens with one attached hydrogen (secondary N) is 2. The number of aromatic nitrogens is 1. The SMILES string of the molecule is CNCCCS(=O)(=O)Nc1cncc(C)c1. The van der Waals surface area contributed by atoms with Crippen molar-refractivity contribution in [3.05, 3.63) is 24.0 Å². The maximum atomic E-state index is 11.6. The molecule has 0 saturated carbocycles. The number of hydrogen-bond acceptors (Lipinski definition) is 4. The zero-order chi connectivity index (χ0) is 12.0. The van der Waals surface area contributed by atoms with E-state index in [9.17, 15) is 8.42 Å². The molecule has 16 heavy (non-hydrogen) atoms. The summed E-state index contributed by atoms with van der Waals surface area (Å²) in [5.74, 6) is 0.113. The topological polar surface area (TPSA) is 71.1 Å². The van der Waals surface area contributed by atoms with E-state index in [4.69, 9.17) is 0 Å². The van der Waals surface area contributed by atoms with Gasteiger partial charge in [0.25, 0.3) is 0 Å². The van der Waals surface area contributed by atoms with E-state index >= 15 is 0 Å². The summed E-state index contributed by atoms with van der Waals surface area (Å²) in [5, 5.41) is 2.91. The fourth-order valence-corrected chi connectivity index (χ4v) is 2.38. The Labute approximate surface area is 96.3 Å². The molecule has 1 aromatic rings. The third-order valence-corrected chi connectivity index (χ3v) is 3.36. The van der Waals surface area contributed by atoms with Crippen molar-refractivity contribution >= 4 is 15.7 Å². The van der Waals surface area contributed by atoms with Crippen LogP contribution < -0.4 is 10.0 Å². The highest BCUT2D eigenvalue weighted by molar-refractivity contribution is 7.92. The van der Waals surface area contributed by atoms with Crippen LogP contribution in [0.5, 0.6) is 0 Å². The molecule has 0 spiro atoms. The maximum absolute atomic E-state index is 11.6. The van der Waals surface area contributed by atoms with Gasteiger partial charge in [-0.15, -0.1) is 0 Å². The fraction of sp³-hybridized carbons (Fsp3) is 0.500. The lowest BCUT2D eigenvalue weighted by atomic mass is 10.3. The van der Waals surface area contributed by atoms with E-state index in [0.29, 0.717) is 18.7 Å². The number of aryl methyl sites for hydroxylation is 1. The van der Waals surface area contributed by atoms with Crippen LogP contribution in [0.25, 0.3) is 0 Å². The number of anilines is 1.